The van der Waals surface area contributed by atoms with E-state index in [0.717, 1.165) is 35.5 Å². The van der Waals surface area contributed by atoms with E-state index in [0.29, 0.717) is 6.04 Å². The third-order valence-corrected chi connectivity index (χ3v) is 4.54. The number of nitrogens with zero attached hydrogens (tertiary/aromatic N) is 2. The fourth-order valence-corrected chi connectivity index (χ4v) is 3.41. The molecule has 0 fully saturated rings. The lowest BCUT2D eigenvalue weighted by atomic mass is 9.99. The van der Waals surface area contributed by atoms with Gasteiger partial charge in [-0.05, 0) is 25.2 Å². The minimum absolute atomic E-state index is 0.392. The van der Waals surface area contributed by atoms with Crippen molar-refractivity contribution < 1.29 is 4.74 Å². The predicted octanol–water partition coefficient (Wildman–Crippen LogP) is 3.86. The van der Waals surface area contributed by atoms with Crippen LogP contribution in [0.3, 0.4) is 0 Å². The van der Waals surface area contributed by atoms with Crippen LogP contribution in [0, 0.1) is 0 Å². The molecule has 1 unspecified atom stereocenters. The first-order valence-electron chi connectivity index (χ1n) is 6.23. The van der Waals surface area contributed by atoms with Gasteiger partial charge in [-0.15, -0.1) is 11.3 Å². The van der Waals surface area contributed by atoms with Gasteiger partial charge in [-0.25, -0.2) is 4.98 Å². The van der Waals surface area contributed by atoms with Crippen molar-refractivity contribution in [2.75, 3.05) is 13.7 Å². The highest BCUT2D eigenvalue weighted by molar-refractivity contribution is 9.10. The van der Waals surface area contributed by atoms with Crippen LogP contribution in [0.5, 0.6) is 5.75 Å². The summed E-state index contributed by atoms with van der Waals surface area (Å²) in [7, 11) is 2.15. The highest BCUT2D eigenvalue weighted by Gasteiger charge is 2.25. The second kappa shape index (κ2) is 5.61. The Balaban J connectivity index is 1.84. The van der Waals surface area contributed by atoms with Gasteiger partial charge < -0.3 is 4.74 Å². The van der Waals surface area contributed by atoms with Gasteiger partial charge in [0, 0.05) is 34.4 Å². The number of halogens is 1. The van der Waals surface area contributed by atoms with Crippen LogP contribution in [0.4, 0.5) is 0 Å². The molecular formula is C14H15BrN2OS. The number of benzene rings is 1. The minimum Gasteiger partial charge on any atom is -0.493 e. The predicted molar refractivity (Wildman–Crippen MR) is 80.6 cm³/mol. The first-order valence-corrected chi connectivity index (χ1v) is 7.97. The van der Waals surface area contributed by atoms with Gasteiger partial charge in [0.25, 0.3) is 0 Å². The SMILES string of the molecule is CN(Cc1cscn1)C1CCOc2ccc(Br)cc21. The molecule has 0 saturated heterocycles. The maximum Gasteiger partial charge on any atom is 0.124 e. The van der Waals surface area contributed by atoms with Crippen molar-refractivity contribution in [1.82, 2.24) is 9.88 Å². The number of hydrogen-bond donors (Lipinski definition) is 0. The summed E-state index contributed by atoms with van der Waals surface area (Å²) in [5, 5.41) is 2.11. The molecule has 1 aliphatic rings. The van der Waals surface area contributed by atoms with E-state index in [-0.39, 0.29) is 0 Å². The summed E-state index contributed by atoms with van der Waals surface area (Å²) in [6.45, 7) is 1.65. The van der Waals surface area contributed by atoms with Crippen molar-refractivity contribution in [3.63, 3.8) is 0 Å². The van der Waals surface area contributed by atoms with E-state index >= 15 is 0 Å². The van der Waals surface area contributed by atoms with E-state index < -0.39 is 0 Å². The Hall–Kier alpha value is -0.910. The lowest BCUT2D eigenvalue weighted by Gasteiger charge is -2.33. The quantitative estimate of drug-likeness (QED) is 0.849. The van der Waals surface area contributed by atoms with E-state index in [1.165, 1.54) is 5.56 Å². The molecule has 0 aliphatic carbocycles. The molecule has 1 aromatic heterocycles. The van der Waals surface area contributed by atoms with E-state index in [1.807, 2.05) is 17.6 Å². The number of thiazole rings is 1. The van der Waals surface area contributed by atoms with Crippen LogP contribution in [-0.4, -0.2) is 23.5 Å². The van der Waals surface area contributed by atoms with Crippen molar-refractivity contribution in [3.8, 4) is 5.75 Å². The molecular weight excluding hydrogens is 324 g/mol. The van der Waals surface area contributed by atoms with E-state index in [1.54, 1.807) is 11.3 Å². The Morgan fingerprint density at radius 3 is 3.21 bits per heavy atom. The van der Waals surface area contributed by atoms with Gasteiger partial charge in [-0.2, -0.15) is 0 Å². The van der Waals surface area contributed by atoms with Gasteiger partial charge in [0.15, 0.2) is 0 Å². The van der Waals surface area contributed by atoms with Crippen LogP contribution in [0.25, 0.3) is 0 Å². The first-order chi connectivity index (χ1) is 9.24. The molecule has 5 heteroatoms. The van der Waals surface area contributed by atoms with Gasteiger partial charge >= 0.3 is 0 Å². The van der Waals surface area contributed by atoms with E-state index in [4.69, 9.17) is 4.74 Å². The summed E-state index contributed by atoms with van der Waals surface area (Å²) in [5.41, 5.74) is 4.28. The van der Waals surface area contributed by atoms with E-state index in [2.05, 4.69) is 44.3 Å². The summed E-state index contributed by atoms with van der Waals surface area (Å²) in [6, 6.07) is 6.63. The average Bonchev–Trinajstić information content (AvgIpc) is 2.90. The minimum atomic E-state index is 0.392. The number of aromatic nitrogens is 1. The van der Waals surface area contributed by atoms with Crippen molar-refractivity contribution in [3.05, 3.63) is 44.8 Å². The Morgan fingerprint density at radius 1 is 1.53 bits per heavy atom. The second-order valence-electron chi connectivity index (χ2n) is 4.73. The lowest BCUT2D eigenvalue weighted by molar-refractivity contribution is 0.159. The number of ether oxygens (including phenoxy) is 1. The molecule has 100 valence electrons. The Morgan fingerprint density at radius 2 is 2.42 bits per heavy atom. The van der Waals surface area contributed by atoms with Crippen LogP contribution in [-0.2, 0) is 6.54 Å². The summed E-state index contributed by atoms with van der Waals surface area (Å²) >= 11 is 5.19. The highest BCUT2D eigenvalue weighted by Crippen LogP contribution is 2.37. The first kappa shape index (κ1) is 13.1. The van der Waals surface area contributed by atoms with Crippen molar-refractivity contribution in [2.45, 2.75) is 19.0 Å². The molecule has 0 saturated carbocycles. The van der Waals surface area contributed by atoms with Crippen LogP contribution >= 0.6 is 27.3 Å². The van der Waals surface area contributed by atoms with Crippen LogP contribution in [0.2, 0.25) is 0 Å². The molecule has 0 N–H and O–H groups in total. The van der Waals surface area contributed by atoms with E-state index in [9.17, 15) is 0 Å². The Bertz CT molecular complexity index is 559. The number of fused-ring (bicyclic) bond motifs is 1. The number of hydrogen-bond acceptors (Lipinski definition) is 4. The molecule has 1 atom stereocenters. The highest BCUT2D eigenvalue weighted by atomic mass is 79.9. The van der Waals surface area contributed by atoms with Gasteiger partial charge in [0.2, 0.25) is 0 Å². The second-order valence-corrected chi connectivity index (χ2v) is 6.36. The molecule has 2 heterocycles. The zero-order valence-corrected chi connectivity index (χ0v) is 13.1. The van der Waals surface area contributed by atoms with Gasteiger partial charge in [-0.1, -0.05) is 15.9 Å². The monoisotopic (exact) mass is 338 g/mol. The summed E-state index contributed by atoms with van der Waals surface area (Å²) in [6.07, 6.45) is 1.02. The Kier molecular flexibility index (Phi) is 3.86. The topological polar surface area (TPSA) is 25.4 Å². The molecule has 0 spiro atoms. The molecule has 1 aliphatic heterocycles. The fraction of sp³-hybridized carbons (Fsp3) is 0.357. The smallest absolute Gasteiger partial charge is 0.124 e. The fourth-order valence-electron chi connectivity index (χ4n) is 2.49. The summed E-state index contributed by atoms with van der Waals surface area (Å²) in [4.78, 5) is 6.71. The van der Waals surface area contributed by atoms with Crippen molar-refractivity contribution in [1.29, 1.82) is 0 Å². The molecule has 3 rings (SSSR count). The largest absolute Gasteiger partial charge is 0.493 e. The van der Waals surface area contributed by atoms with Crippen LogP contribution < -0.4 is 4.74 Å². The third kappa shape index (κ3) is 2.83. The molecule has 1 aromatic carbocycles. The average molecular weight is 339 g/mol. The molecule has 19 heavy (non-hydrogen) atoms. The Labute approximate surface area is 125 Å². The molecule has 0 radical (unpaired) electrons. The third-order valence-electron chi connectivity index (χ3n) is 3.41. The standard InChI is InChI=1S/C14H15BrN2OS/c1-17(7-11-8-19-9-16-11)13-4-5-18-14-3-2-10(15)6-12(13)14/h2-3,6,8-9,13H,4-5,7H2,1H3. The van der Waals surface area contributed by atoms with Crippen LogP contribution in [0.1, 0.15) is 23.7 Å². The van der Waals surface area contributed by atoms with Crippen molar-refractivity contribution in [2.24, 2.45) is 0 Å². The number of rotatable bonds is 3. The zero-order chi connectivity index (χ0) is 13.2. The van der Waals surface area contributed by atoms with Crippen molar-refractivity contribution >= 4 is 27.3 Å². The lowest BCUT2D eigenvalue weighted by Crippen LogP contribution is -2.29. The summed E-state index contributed by atoms with van der Waals surface area (Å²) < 4.78 is 6.83. The van der Waals surface area contributed by atoms with Gasteiger partial charge in [0.1, 0.15) is 5.75 Å². The van der Waals surface area contributed by atoms with Gasteiger partial charge in [0.05, 0.1) is 17.8 Å². The molecule has 2 aromatic rings. The normalized spacial score (nSPS) is 18.2. The van der Waals surface area contributed by atoms with Crippen LogP contribution in [0.15, 0.2) is 33.6 Å². The maximum absolute atomic E-state index is 5.73. The molecule has 3 nitrogen and oxygen atoms in total. The van der Waals surface area contributed by atoms with Gasteiger partial charge in [-0.3, -0.25) is 4.90 Å². The maximum atomic E-state index is 5.73. The molecule has 0 bridgehead atoms. The zero-order valence-electron chi connectivity index (χ0n) is 10.7. The summed E-state index contributed by atoms with van der Waals surface area (Å²) in [5.74, 6) is 1.00. The molecule has 0 amide bonds.